The van der Waals surface area contributed by atoms with Crippen molar-refractivity contribution < 1.29 is 9.21 Å². The van der Waals surface area contributed by atoms with Gasteiger partial charge in [-0.25, -0.2) is 4.99 Å². The van der Waals surface area contributed by atoms with E-state index in [4.69, 9.17) is 10.2 Å². The first-order valence-corrected chi connectivity index (χ1v) is 6.99. The molecule has 1 saturated heterocycles. The summed E-state index contributed by atoms with van der Waals surface area (Å²) >= 11 is 0. The van der Waals surface area contributed by atoms with E-state index in [0.29, 0.717) is 18.4 Å². The Bertz CT molecular complexity index is 456. The van der Waals surface area contributed by atoms with Gasteiger partial charge in [0.25, 0.3) is 0 Å². The zero-order chi connectivity index (χ0) is 14.4. The largest absolute Gasteiger partial charge is 0.467 e. The van der Waals surface area contributed by atoms with Crippen molar-refractivity contribution in [3.8, 4) is 0 Å². The second-order valence-electron chi connectivity index (χ2n) is 5.22. The van der Waals surface area contributed by atoms with E-state index in [1.54, 1.807) is 12.3 Å². The van der Waals surface area contributed by atoms with Crippen LogP contribution in [0.5, 0.6) is 0 Å². The lowest BCUT2D eigenvalue weighted by molar-refractivity contribution is -0.119. The van der Waals surface area contributed by atoms with Gasteiger partial charge < -0.3 is 20.4 Å². The number of nitrogens with zero attached hydrogens (tertiary/aromatic N) is 2. The van der Waals surface area contributed by atoms with E-state index in [1.807, 2.05) is 11.0 Å². The number of furan rings is 1. The lowest BCUT2D eigenvalue weighted by Crippen LogP contribution is -2.44. The molecule has 2 rings (SSSR count). The molecule has 110 valence electrons. The van der Waals surface area contributed by atoms with E-state index >= 15 is 0 Å². The van der Waals surface area contributed by atoms with Crippen LogP contribution in [0.2, 0.25) is 0 Å². The highest BCUT2D eigenvalue weighted by molar-refractivity contribution is 5.84. The van der Waals surface area contributed by atoms with Crippen LogP contribution in [-0.2, 0) is 11.3 Å². The van der Waals surface area contributed by atoms with Gasteiger partial charge in [-0.1, -0.05) is 6.92 Å². The van der Waals surface area contributed by atoms with Gasteiger partial charge in [-0.15, -0.1) is 0 Å². The molecule has 3 N–H and O–H groups in total. The van der Waals surface area contributed by atoms with Crippen molar-refractivity contribution in [1.82, 2.24) is 10.2 Å². The van der Waals surface area contributed by atoms with E-state index in [2.05, 4.69) is 17.2 Å². The number of carbonyl (C=O) groups excluding carboxylic acids is 1. The smallest absolute Gasteiger partial charge is 0.242 e. The van der Waals surface area contributed by atoms with Crippen molar-refractivity contribution in [2.75, 3.05) is 19.6 Å². The summed E-state index contributed by atoms with van der Waals surface area (Å²) in [5, 5.41) is 2.74. The maximum atomic E-state index is 11.7. The van der Waals surface area contributed by atoms with Crippen LogP contribution in [0.3, 0.4) is 0 Å². The molecule has 6 nitrogen and oxygen atoms in total. The van der Waals surface area contributed by atoms with Crippen LogP contribution in [0, 0.1) is 5.92 Å². The minimum Gasteiger partial charge on any atom is -0.467 e. The molecule has 0 spiro atoms. The Morgan fingerprint density at radius 3 is 3.20 bits per heavy atom. The highest BCUT2D eigenvalue weighted by Crippen LogP contribution is 2.14. The molecule has 0 saturated carbocycles. The first kappa shape index (κ1) is 14.4. The molecule has 1 unspecified atom stereocenters. The van der Waals surface area contributed by atoms with Crippen molar-refractivity contribution in [2.24, 2.45) is 16.6 Å². The average Bonchev–Trinajstić information content (AvgIpc) is 2.95. The number of hydrogen-bond acceptors (Lipinski definition) is 3. The standard InChI is InChI=1S/C14H22N4O2/c1-11-4-2-6-18(10-11)14(15)17-9-13(19)16-8-12-5-3-7-20-12/h3,5,7,11H,2,4,6,8-10H2,1H3,(H2,15,17)(H,16,19). The Hall–Kier alpha value is -1.98. The molecule has 0 aliphatic carbocycles. The van der Waals surface area contributed by atoms with E-state index in [9.17, 15) is 4.79 Å². The SMILES string of the molecule is CC1CCCN(C(N)=NCC(=O)NCc2ccco2)C1. The van der Waals surface area contributed by atoms with Gasteiger partial charge in [0.1, 0.15) is 12.3 Å². The third kappa shape index (κ3) is 4.29. The molecular formula is C14H22N4O2. The Kier molecular flexibility index (Phi) is 5.03. The lowest BCUT2D eigenvalue weighted by atomic mass is 10.0. The first-order chi connectivity index (χ1) is 9.65. The van der Waals surface area contributed by atoms with Crippen molar-refractivity contribution in [1.29, 1.82) is 0 Å². The van der Waals surface area contributed by atoms with E-state index < -0.39 is 0 Å². The van der Waals surface area contributed by atoms with Gasteiger partial charge in [0.05, 0.1) is 12.8 Å². The van der Waals surface area contributed by atoms with Crippen LogP contribution in [0.4, 0.5) is 0 Å². The molecule has 1 aromatic rings. The normalized spacial score (nSPS) is 19.9. The summed E-state index contributed by atoms with van der Waals surface area (Å²) in [7, 11) is 0. The molecule has 2 heterocycles. The number of aliphatic imine (C=N–C) groups is 1. The number of rotatable bonds is 4. The predicted octanol–water partition coefficient (Wildman–Crippen LogP) is 0.942. The summed E-state index contributed by atoms with van der Waals surface area (Å²) in [4.78, 5) is 17.9. The fourth-order valence-electron chi connectivity index (χ4n) is 2.31. The van der Waals surface area contributed by atoms with Crippen LogP contribution in [0.15, 0.2) is 27.8 Å². The van der Waals surface area contributed by atoms with Crippen molar-refractivity contribution in [3.63, 3.8) is 0 Å². The molecule has 6 heteroatoms. The number of nitrogens with one attached hydrogen (secondary N) is 1. The summed E-state index contributed by atoms with van der Waals surface area (Å²) in [5.74, 6) is 1.66. The number of likely N-dealkylation sites (tertiary alicyclic amines) is 1. The van der Waals surface area contributed by atoms with Crippen molar-refractivity contribution in [3.05, 3.63) is 24.2 Å². The van der Waals surface area contributed by atoms with Crippen LogP contribution < -0.4 is 11.1 Å². The Morgan fingerprint density at radius 1 is 1.65 bits per heavy atom. The van der Waals surface area contributed by atoms with Crippen molar-refractivity contribution in [2.45, 2.75) is 26.3 Å². The van der Waals surface area contributed by atoms with Gasteiger partial charge in [-0.05, 0) is 30.9 Å². The third-order valence-electron chi connectivity index (χ3n) is 3.41. The minimum atomic E-state index is -0.158. The van der Waals surface area contributed by atoms with Crippen LogP contribution in [0.1, 0.15) is 25.5 Å². The molecule has 1 atom stereocenters. The lowest BCUT2D eigenvalue weighted by Gasteiger charge is -2.31. The molecule has 1 fully saturated rings. The number of hydrogen-bond donors (Lipinski definition) is 2. The Labute approximate surface area is 119 Å². The fourth-order valence-corrected chi connectivity index (χ4v) is 2.31. The summed E-state index contributed by atoms with van der Waals surface area (Å²) in [6.07, 6.45) is 3.94. The average molecular weight is 278 g/mol. The second-order valence-corrected chi connectivity index (χ2v) is 5.22. The maximum absolute atomic E-state index is 11.7. The molecule has 1 aliphatic rings. The summed E-state index contributed by atoms with van der Waals surface area (Å²) < 4.78 is 5.13. The molecular weight excluding hydrogens is 256 g/mol. The minimum absolute atomic E-state index is 0.0530. The van der Waals surface area contributed by atoms with Gasteiger partial charge in [-0.2, -0.15) is 0 Å². The number of amides is 1. The van der Waals surface area contributed by atoms with Gasteiger partial charge in [-0.3, -0.25) is 4.79 Å². The molecule has 0 aromatic carbocycles. The molecule has 20 heavy (non-hydrogen) atoms. The quantitative estimate of drug-likeness (QED) is 0.634. The van der Waals surface area contributed by atoms with E-state index in [0.717, 1.165) is 25.3 Å². The number of guanidine groups is 1. The highest BCUT2D eigenvalue weighted by Gasteiger charge is 2.17. The first-order valence-electron chi connectivity index (χ1n) is 6.99. The van der Waals surface area contributed by atoms with E-state index in [-0.39, 0.29) is 12.5 Å². The van der Waals surface area contributed by atoms with Crippen molar-refractivity contribution >= 4 is 11.9 Å². The summed E-state index contributed by atoms with van der Waals surface area (Å²) in [5.41, 5.74) is 5.93. The zero-order valence-electron chi connectivity index (χ0n) is 11.8. The molecule has 1 amide bonds. The predicted molar refractivity (Wildman–Crippen MR) is 77.0 cm³/mol. The topological polar surface area (TPSA) is 83.9 Å². The summed E-state index contributed by atoms with van der Waals surface area (Å²) in [6, 6.07) is 3.60. The monoisotopic (exact) mass is 278 g/mol. The number of nitrogens with two attached hydrogens (primary N) is 1. The molecule has 0 bridgehead atoms. The third-order valence-corrected chi connectivity index (χ3v) is 3.41. The van der Waals surface area contributed by atoms with Crippen LogP contribution in [0.25, 0.3) is 0 Å². The summed E-state index contributed by atoms with van der Waals surface area (Å²) in [6.45, 7) is 4.48. The molecule has 0 radical (unpaired) electrons. The molecule has 1 aromatic heterocycles. The fraction of sp³-hybridized carbons (Fsp3) is 0.571. The van der Waals surface area contributed by atoms with Crippen LogP contribution in [-0.4, -0.2) is 36.4 Å². The van der Waals surface area contributed by atoms with Crippen LogP contribution >= 0.6 is 0 Å². The number of piperidine rings is 1. The van der Waals surface area contributed by atoms with Gasteiger partial charge in [0.2, 0.25) is 5.91 Å². The Balaban J connectivity index is 1.74. The second kappa shape index (κ2) is 6.98. The Morgan fingerprint density at radius 2 is 2.50 bits per heavy atom. The van der Waals surface area contributed by atoms with Gasteiger partial charge >= 0.3 is 0 Å². The van der Waals surface area contributed by atoms with Gasteiger partial charge in [0, 0.05) is 13.1 Å². The van der Waals surface area contributed by atoms with E-state index in [1.165, 1.54) is 6.42 Å². The zero-order valence-corrected chi connectivity index (χ0v) is 11.8. The van der Waals surface area contributed by atoms with Gasteiger partial charge in [0.15, 0.2) is 5.96 Å². The highest BCUT2D eigenvalue weighted by atomic mass is 16.3. The number of carbonyl (C=O) groups is 1. The molecule has 1 aliphatic heterocycles. The maximum Gasteiger partial charge on any atom is 0.242 e.